The van der Waals surface area contributed by atoms with E-state index in [2.05, 4.69) is 46.0 Å². The van der Waals surface area contributed by atoms with Crippen LogP contribution in [0.4, 0.5) is 0 Å². The Kier molecular flexibility index (Phi) is 8.65. The molecule has 0 radical (unpaired) electrons. The van der Waals surface area contributed by atoms with Gasteiger partial charge < -0.3 is 10.3 Å². The Hall–Kier alpha value is -1.05. The van der Waals surface area contributed by atoms with Crippen molar-refractivity contribution in [2.24, 2.45) is 0 Å². The van der Waals surface area contributed by atoms with Crippen LogP contribution in [0.25, 0.3) is 11.2 Å². The second kappa shape index (κ2) is 9.95. The Morgan fingerprint density at radius 3 is 2.65 bits per heavy atom. The summed E-state index contributed by atoms with van der Waals surface area (Å²) in [7, 11) is 0. The topological polar surface area (TPSA) is 58.9 Å². The summed E-state index contributed by atoms with van der Waals surface area (Å²) in [5.41, 5.74) is 5.16. The fourth-order valence-electron chi connectivity index (χ4n) is 2.52. The van der Waals surface area contributed by atoms with Gasteiger partial charge in [0.25, 0.3) is 0 Å². The van der Waals surface area contributed by atoms with Gasteiger partial charge >= 0.3 is 0 Å². The molecule has 0 amide bonds. The number of hydrogen-bond acceptors (Lipinski definition) is 6. The van der Waals surface area contributed by atoms with Crippen molar-refractivity contribution < 1.29 is 0 Å². The SMILES string of the molecule is CCN(CC)CCCC(C)Nn1cnc2c(SC)ncnc21.Cl. The molecule has 0 fully saturated rings. The molecule has 2 aromatic heterocycles. The summed E-state index contributed by atoms with van der Waals surface area (Å²) in [5.74, 6) is 0. The molecule has 0 saturated heterocycles. The number of nitrogens with one attached hydrogen (secondary N) is 1. The molecule has 0 saturated carbocycles. The van der Waals surface area contributed by atoms with Crippen molar-refractivity contribution in [1.82, 2.24) is 24.5 Å². The predicted molar refractivity (Wildman–Crippen MR) is 100 cm³/mol. The molecule has 2 aromatic rings. The lowest BCUT2D eigenvalue weighted by molar-refractivity contribution is 0.294. The van der Waals surface area contributed by atoms with Crippen molar-refractivity contribution in [1.29, 1.82) is 0 Å². The van der Waals surface area contributed by atoms with Gasteiger partial charge in [-0.2, -0.15) is 0 Å². The highest BCUT2D eigenvalue weighted by Gasteiger charge is 2.11. The predicted octanol–water partition coefficient (Wildman–Crippen LogP) is 3.02. The van der Waals surface area contributed by atoms with Gasteiger partial charge in [-0.3, -0.25) is 0 Å². The minimum atomic E-state index is 0. The average molecular weight is 359 g/mol. The maximum absolute atomic E-state index is 4.42. The summed E-state index contributed by atoms with van der Waals surface area (Å²) >= 11 is 1.59. The normalized spacial score (nSPS) is 12.4. The standard InChI is InChI=1S/C15H26N6S.ClH/c1-5-20(6-2)9-7-8-12(3)19-21-11-18-13-14(21)16-10-17-15(13)22-4;/h10-12,19H,5-9H2,1-4H3;1H. The molecule has 0 spiro atoms. The number of halogens is 1. The van der Waals surface area contributed by atoms with Crippen LogP contribution in [0, 0.1) is 0 Å². The fourth-order valence-corrected chi connectivity index (χ4v) is 3.01. The minimum absolute atomic E-state index is 0. The van der Waals surface area contributed by atoms with Crippen LogP contribution in [0.2, 0.25) is 0 Å². The van der Waals surface area contributed by atoms with Gasteiger partial charge in [-0.1, -0.05) is 13.8 Å². The number of imidazole rings is 1. The Morgan fingerprint density at radius 1 is 1.26 bits per heavy atom. The van der Waals surface area contributed by atoms with Crippen molar-refractivity contribution in [3.63, 3.8) is 0 Å². The van der Waals surface area contributed by atoms with Gasteiger partial charge in [-0.25, -0.2) is 19.6 Å². The average Bonchev–Trinajstić information content (AvgIpc) is 2.94. The zero-order chi connectivity index (χ0) is 15.9. The van der Waals surface area contributed by atoms with Crippen LogP contribution in [0.5, 0.6) is 0 Å². The highest BCUT2D eigenvalue weighted by molar-refractivity contribution is 7.98. The lowest BCUT2D eigenvalue weighted by Crippen LogP contribution is -2.28. The molecule has 1 atom stereocenters. The number of rotatable bonds is 9. The summed E-state index contributed by atoms with van der Waals surface area (Å²) in [6.07, 6.45) is 7.70. The first-order valence-electron chi connectivity index (χ1n) is 7.90. The van der Waals surface area contributed by atoms with Gasteiger partial charge in [-0.15, -0.1) is 24.2 Å². The molecule has 0 bridgehead atoms. The van der Waals surface area contributed by atoms with E-state index in [1.807, 2.05) is 10.9 Å². The van der Waals surface area contributed by atoms with E-state index < -0.39 is 0 Å². The highest BCUT2D eigenvalue weighted by Crippen LogP contribution is 2.20. The van der Waals surface area contributed by atoms with Crippen LogP contribution in [-0.4, -0.2) is 56.5 Å². The molecule has 130 valence electrons. The number of aromatic nitrogens is 4. The van der Waals surface area contributed by atoms with E-state index >= 15 is 0 Å². The van der Waals surface area contributed by atoms with Crippen LogP contribution in [0.1, 0.15) is 33.6 Å². The summed E-state index contributed by atoms with van der Waals surface area (Å²) in [6.45, 7) is 10.0. The summed E-state index contributed by atoms with van der Waals surface area (Å²) < 4.78 is 1.92. The Balaban J connectivity index is 0.00000264. The van der Waals surface area contributed by atoms with Crippen molar-refractivity contribution >= 4 is 35.3 Å². The molecule has 0 aliphatic rings. The van der Waals surface area contributed by atoms with Crippen LogP contribution < -0.4 is 5.43 Å². The van der Waals surface area contributed by atoms with E-state index in [0.29, 0.717) is 6.04 Å². The molecule has 2 rings (SSSR count). The van der Waals surface area contributed by atoms with Crippen molar-refractivity contribution in [2.75, 3.05) is 31.3 Å². The minimum Gasteiger partial charge on any atom is -0.320 e. The first-order chi connectivity index (χ1) is 10.7. The smallest absolute Gasteiger partial charge is 0.183 e. The molecule has 23 heavy (non-hydrogen) atoms. The maximum Gasteiger partial charge on any atom is 0.183 e. The molecular weight excluding hydrogens is 332 g/mol. The number of fused-ring (bicyclic) bond motifs is 1. The molecule has 0 aliphatic heterocycles. The quantitative estimate of drug-likeness (QED) is 0.549. The Bertz CT molecular complexity index is 586. The van der Waals surface area contributed by atoms with Gasteiger partial charge in [0.15, 0.2) is 5.65 Å². The molecule has 1 N–H and O–H groups in total. The maximum atomic E-state index is 4.42. The van der Waals surface area contributed by atoms with E-state index in [9.17, 15) is 0 Å². The second-order valence-corrected chi connectivity index (χ2v) is 6.16. The van der Waals surface area contributed by atoms with Gasteiger partial charge in [0.2, 0.25) is 0 Å². The zero-order valence-corrected chi connectivity index (χ0v) is 16.0. The van der Waals surface area contributed by atoms with E-state index in [-0.39, 0.29) is 12.4 Å². The van der Waals surface area contributed by atoms with E-state index in [1.165, 1.54) is 6.42 Å². The molecule has 6 nitrogen and oxygen atoms in total. The van der Waals surface area contributed by atoms with Crippen LogP contribution >= 0.6 is 24.2 Å². The number of thioether (sulfide) groups is 1. The summed E-state index contributed by atoms with van der Waals surface area (Å²) in [6, 6.07) is 0.376. The monoisotopic (exact) mass is 358 g/mol. The van der Waals surface area contributed by atoms with E-state index in [1.54, 1.807) is 24.4 Å². The fraction of sp³-hybridized carbons (Fsp3) is 0.667. The van der Waals surface area contributed by atoms with Crippen LogP contribution in [0.3, 0.4) is 0 Å². The third kappa shape index (κ3) is 5.22. The van der Waals surface area contributed by atoms with E-state index in [0.717, 1.165) is 42.2 Å². The van der Waals surface area contributed by atoms with Crippen molar-refractivity contribution in [2.45, 2.75) is 44.7 Å². The van der Waals surface area contributed by atoms with Gasteiger partial charge in [0.05, 0.1) is 0 Å². The lowest BCUT2D eigenvalue weighted by atomic mass is 10.2. The summed E-state index contributed by atoms with van der Waals surface area (Å²) in [4.78, 5) is 15.5. The van der Waals surface area contributed by atoms with Crippen molar-refractivity contribution in [3.8, 4) is 0 Å². The van der Waals surface area contributed by atoms with Crippen LogP contribution in [0.15, 0.2) is 17.7 Å². The largest absolute Gasteiger partial charge is 0.320 e. The van der Waals surface area contributed by atoms with Gasteiger partial charge in [-0.05, 0) is 45.7 Å². The molecule has 0 aliphatic carbocycles. The summed E-state index contributed by atoms with van der Waals surface area (Å²) in [5, 5.41) is 0.916. The molecular formula is C15H27ClN6S. The first-order valence-corrected chi connectivity index (χ1v) is 9.13. The molecule has 1 unspecified atom stereocenters. The third-order valence-electron chi connectivity index (χ3n) is 3.86. The third-order valence-corrected chi connectivity index (χ3v) is 4.54. The van der Waals surface area contributed by atoms with Crippen molar-refractivity contribution in [3.05, 3.63) is 12.7 Å². The highest BCUT2D eigenvalue weighted by atomic mass is 35.5. The van der Waals surface area contributed by atoms with Gasteiger partial charge in [0, 0.05) is 6.04 Å². The number of nitrogens with zero attached hydrogens (tertiary/aromatic N) is 5. The Morgan fingerprint density at radius 2 is 2.00 bits per heavy atom. The van der Waals surface area contributed by atoms with Gasteiger partial charge in [0.1, 0.15) is 23.2 Å². The molecule has 2 heterocycles. The zero-order valence-electron chi connectivity index (χ0n) is 14.3. The molecule has 0 aromatic carbocycles. The van der Waals surface area contributed by atoms with Crippen LogP contribution in [-0.2, 0) is 0 Å². The van der Waals surface area contributed by atoms with E-state index in [4.69, 9.17) is 0 Å². The lowest BCUT2D eigenvalue weighted by Gasteiger charge is -2.20. The molecule has 8 heteroatoms. The first kappa shape index (κ1) is 20.0. The number of hydrogen-bond donors (Lipinski definition) is 1. The Labute approximate surface area is 148 Å². The second-order valence-electron chi connectivity index (χ2n) is 5.37.